The number of esters is 1. The first kappa shape index (κ1) is 17.4. The van der Waals surface area contributed by atoms with Crippen molar-refractivity contribution in [2.45, 2.75) is 26.4 Å². The first-order valence-electron chi connectivity index (χ1n) is 8.68. The van der Waals surface area contributed by atoms with Crippen LogP contribution in [0.4, 0.5) is 5.69 Å². The van der Waals surface area contributed by atoms with Gasteiger partial charge in [-0.2, -0.15) is 0 Å². The summed E-state index contributed by atoms with van der Waals surface area (Å²) < 4.78 is 5.62. The molecule has 0 spiro atoms. The fraction of sp³-hybridized carbons (Fsp3) is 0.400. The zero-order chi connectivity index (χ0) is 17.9. The van der Waals surface area contributed by atoms with Gasteiger partial charge in [-0.25, -0.2) is 4.79 Å². The number of nitrogens with zero attached hydrogens (tertiary/aromatic N) is 2. The highest BCUT2D eigenvalue weighted by Gasteiger charge is 2.26. The summed E-state index contributed by atoms with van der Waals surface area (Å²) in [6, 6.07) is 10.1. The van der Waals surface area contributed by atoms with Crippen molar-refractivity contribution in [2.75, 3.05) is 31.1 Å². The number of hydrogen-bond acceptors (Lipinski definition) is 5. The number of hydrogen-bond donors (Lipinski definition) is 1. The minimum atomic E-state index is -0.541. The van der Waals surface area contributed by atoms with Gasteiger partial charge in [-0.1, -0.05) is 30.3 Å². The van der Waals surface area contributed by atoms with Gasteiger partial charge < -0.3 is 15.0 Å². The van der Waals surface area contributed by atoms with Crippen LogP contribution in [0.15, 0.2) is 42.7 Å². The van der Waals surface area contributed by atoms with Crippen molar-refractivity contribution in [2.24, 2.45) is 0 Å². The molecular formula is C20H25N3O2. The number of pyridine rings is 1. The molecule has 5 heteroatoms. The zero-order valence-electron chi connectivity index (χ0n) is 15.1. The molecule has 0 saturated carbocycles. The van der Waals surface area contributed by atoms with Crippen LogP contribution in [-0.4, -0.2) is 42.7 Å². The van der Waals surface area contributed by atoms with E-state index in [9.17, 15) is 4.79 Å². The third kappa shape index (κ3) is 4.17. The fourth-order valence-electron chi connectivity index (χ4n) is 2.99. The van der Waals surface area contributed by atoms with E-state index in [-0.39, 0.29) is 5.97 Å². The Hall–Kier alpha value is -2.40. The number of anilines is 1. The maximum absolute atomic E-state index is 12.8. The molecule has 1 aliphatic heterocycles. The van der Waals surface area contributed by atoms with Gasteiger partial charge in [-0.3, -0.25) is 4.98 Å². The van der Waals surface area contributed by atoms with E-state index in [2.05, 4.69) is 15.2 Å². The Kier molecular flexibility index (Phi) is 5.04. The summed E-state index contributed by atoms with van der Waals surface area (Å²) in [5.41, 5.74) is 2.91. The second kappa shape index (κ2) is 7.23. The summed E-state index contributed by atoms with van der Waals surface area (Å²) in [5, 5.41) is 3.36. The molecule has 1 aromatic heterocycles. The van der Waals surface area contributed by atoms with Crippen LogP contribution < -0.4 is 10.2 Å². The summed E-state index contributed by atoms with van der Waals surface area (Å²) in [7, 11) is 0. The largest absolute Gasteiger partial charge is 0.456 e. The van der Waals surface area contributed by atoms with E-state index in [1.807, 2.05) is 57.3 Å². The standard InChI is InChI=1S/C20H25N3O2/c1-20(2,3)25-19(24)17-14-22-13-16(15-7-5-4-6-8-15)18(17)23-11-9-21-10-12-23/h4-8,13-14,21H,9-12H2,1-3H3. The molecule has 0 amide bonds. The summed E-state index contributed by atoms with van der Waals surface area (Å²) in [6.45, 7) is 9.12. The molecule has 1 aromatic carbocycles. The van der Waals surface area contributed by atoms with Gasteiger partial charge in [0.05, 0.1) is 5.69 Å². The van der Waals surface area contributed by atoms with Gasteiger partial charge in [0.15, 0.2) is 0 Å². The van der Waals surface area contributed by atoms with E-state index in [4.69, 9.17) is 4.74 Å². The molecule has 0 bridgehead atoms. The van der Waals surface area contributed by atoms with E-state index in [0.717, 1.165) is 43.0 Å². The van der Waals surface area contributed by atoms with Gasteiger partial charge in [-0.05, 0) is 26.3 Å². The minimum absolute atomic E-state index is 0.327. The van der Waals surface area contributed by atoms with Gasteiger partial charge in [0, 0.05) is 44.1 Å². The molecule has 1 N–H and O–H groups in total. The van der Waals surface area contributed by atoms with Crippen LogP contribution in [0.1, 0.15) is 31.1 Å². The van der Waals surface area contributed by atoms with Crippen LogP contribution >= 0.6 is 0 Å². The molecule has 132 valence electrons. The third-order valence-corrected chi connectivity index (χ3v) is 4.05. The van der Waals surface area contributed by atoms with Gasteiger partial charge >= 0.3 is 5.97 Å². The molecule has 25 heavy (non-hydrogen) atoms. The average Bonchev–Trinajstić information content (AvgIpc) is 2.61. The van der Waals surface area contributed by atoms with Crippen LogP contribution in [0.3, 0.4) is 0 Å². The number of nitrogens with one attached hydrogen (secondary N) is 1. The lowest BCUT2D eigenvalue weighted by Crippen LogP contribution is -2.44. The predicted molar refractivity (Wildman–Crippen MR) is 99.9 cm³/mol. The highest BCUT2D eigenvalue weighted by Crippen LogP contribution is 2.34. The number of carbonyl (C=O) groups excluding carboxylic acids is 1. The van der Waals surface area contributed by atoms with Gasteiger partial charge in [0.1, 0.15) is 11.2 Å². The lowest BCUT2D eigenvalue weighted by atomic mass is 10.0. The minimum Gasteiger partial charge on any atom is -0.456 e. The third-order valence-electron chi connectivity index (χ3n) is 4.05. The van der Waals surface area contributed by atoms with Crippen molar-refractivity contribution in [1.82, 2.24) is 10.3 Å². The fourth-order valence-corrected chi connectivity index (χ4v) is 2.99. The molecule has 0 atom stereocenters. The average molecular weight is 339 g/mol. The number of ether oxygens (including phenoxy) is 1. The van der Waals surface area contributed by atoms with Crippen molar-refractivity contribution in [1.29, 1.82) is 0 Å². The van der Waals surface area contributed by atoms with Crippen molar-refractivity contribution in [3.63, 3.8) is 0 Å². The van der Waals surface area contributed by atoms with E-state index in [0.29, 0.717) is 5.56 Å². The topological polar surface area (TPSA) is 54.5 Å². The number of carbonyl (C=O) groups is 1. The second-order valence-corrected chi connectivity index (χ2v) is 7.19. The summed E-state index contributed by atoms with van der Waals surface area (Å²) >= 11 is 0. The summed E-state index contributed by atoms with van der Waals surface area (Å²) in [6.07, 6.45) is 3.46. The van der Waals surface area contributed by atoms with Crippen molar-refractivity contribution >= 4 is 11.7 Å². The number of piperazine rings is 1. The molecular weight excluding hydrogens is 314 g/mol. The molecule has 3 rings (SSSR count). The molecule has 0 unspecified atom stereocenters. The Morgan fingerprint density at radius 2 is 1.80 bits per heavy atom. The lowest BCUT2D eigenvalue weighted by molar-refractivity contribution is 0.00698. The van der Waals surface area contributed by atoms with Gasteiger partial charge in [0.2, 0.25) is 0 Å². The Morgan fingerprint density at radius 3 is 2.44 bits per heavy atom. The Labute approximate surface area is 149 Å². The molecule has 2 heterocycles. The Morgan fingerprint density at radius 1 is 1.12 bits per heavy atom. The van der Waals surface area contributed by atoms with Gasteiger partial charge in [0.25, 0.3) is 0 Å². The molecule has 2 aromatic rings. The monoisotopic (exact) mass is 339 g/mol. The first-order chi connectivity index (χ1) is 12.0. The molecule has 1 saturated heterocycles. The summed E-state index contributed by atoms with van der Waals surface area (Å²) in [4.78, 5) is 19.4. The molecule has 1 fully saturated rings. The Balaban J connectivity index is 2.09. The molecule has 0 radical (unpaired) electrons. The SMILES string of the molecule is CC(C)(C)OC(=O)c1cncc(-c2ccccc2)c1N1CCNCC1. The van der Waals surface area contributed by atoms with E-state index in [1.165, 1.54) is 0 Å². The van der Waals surface area contributed by atoms with Crippen molar-refractivity contribution in [3.8, 4) is 11.1 Å². The van der Waals surface area contributed by atoms with Crippen LogP contribution in [-0.2, 0) is 4.74 Å². The normalized spacial score (nSPS) is 15.1. The van der Waals surface area contributed by atoms with Crippen molar-refractivity contribution < 1.29 is 9.53 Å². The number of rotatable bonds is 3. The highest BCUT2D eigenvalue weighted by molar-refractivity contribution is 6.00. The molecule has 1 aliphatic rings. The van der Waals surface area contributed by atoms with Crippen LogP contribution in [0.2, 0.25) is 0 Å². The zero-order valence-corrected chi connectivity index (χ0v) is 15.1. The highest BCUT2D eigenvalue weighted by atomic mass is 16.6. The smallest absolute Gasteiger partial charge is 0.342 e. The predicted octanol–water partition coefficient (Wildman–Crippen LogP) is 3.11. The van der Waals surface area contributed by atoms with Gasteiger partial charge in [-0.15, -0.1) is 0 Å². The summed E-state index contributed by atoms with van der Waals surface area (Å²) in [5.74, 6) is -0.327. The quantitative estimate of drug-likeness (QED) is 0.871. The van der Waals surface area contributed by atoms with Crippen LogP contribution in [0.5, 0.6) is 0 Å². The second-order valence-electron chi connectivity index (χ2n) is 7.19. The number of aromatic nitrogens is 1. The number of benzene rings is 1. The van der Waals surface area contributed by atoms with E-state index >= 15 is 0 Å². The van der Waals surface area contributed by atoms with Crippen molar-refractivity contribution in [3.05, 3.63) is 48.3 Å². The maximum Gasteiger partial charge on any atom is 0.342 e. The Bertz CT molecular complexity index is 732. The maximum atomic E-state index is 12.8. The first-order valence-corrected chi connectivity index (χ1v) is 8.68. The van der Waals surface area contributed by atoms with E-state index in [1.54, 1.807) is 6.20 Å². The van der Waals surface area contributed by atoms with Crippen LogP contribution in [0, 0.1) is 0 Å². The lowest BCUT2D eigenvalue weighted by Gasteiger charge is -2.33. The van der Waals surface area contributed by atoms with Crippen LogP contribution in [0.25, 0.3) is 11.1 Å². The molecule has 5 nitrogen and oxygen atoms in total. The molecule has 0 aliphatic carbocycles. The van der Waals surface area contributed by atoms with E-state index < -0.39 is 5.60 Å².